The van der Waals surface area contributed by atoms with Crippen molar-refractivity contribution in [3.63, 3.8) is 0 Å². The highest BCUT2D eigenvalue weighted by molar-refractivity contribution is 6.30. The number of nitrogens with one attached hydrogen (secondary N) is 3. The predicted molar refractivity (Wildman–Crippen MR) is 106 cm³/mol. The van der Waals surface area contributed by atoms with Crippen molar-refractivity contribution in [2.75, 3.05) is 10.6 Å². The Morgan fingerprint density at radius 2 is 1.44 bits per heavy atom. The van der Waals surface area contributed by atoms with Gasteiger partial charge >= 0.3 is 0 Å². The Balaban J connectivity index is 1.72. The summed E-state index contributed by atoms with van der Waals surface area (Å²) in [6, 6.07) is 13.7. The Labute approximate surface area is 161 Å². The molecule has 0 atom stereocenters. The van der Waals surface area contributed by atoms with Crippen LogP contribution in [-0.2, 0) is 14.4 Å². The number of halogens is 1. The van der Waals surface area contributed by atoms with Crippen LogP contribution < -0.4 is 16.1 Å². The summed E-state index contributed by atoms with van der Waals surface area (Å²) >= 11 is 5.78. The molecular formula is C19H19ClN4O3. The summed E-state index contributed by atoms with van der Waals surface area (Å²) in [5.41, 5.74) is 4.38. The lowest BCUT2D eigenvalue weighted by Gasteiger charge is -2.06. The molecule has 0 spiro atoms. The van der Waals surface area contributed by atoms with E-state index in [1.54, 1.807) is 48.5 Å². The molecule has 8 heteroatoms. The highest BCUT2D eigenvalue weighted by Crippen LogP contribution is 2.14. The van der Waals surface area contributed by atoms with E-state index in [1.807, 2.05) is 0 Å². The van der Waals surface area contributed by atoms with Gasteiger partial charge in [-0.1, -0.05) is 23.7 Å². The van der Waals surface area contributed by atoms with E-state index < -0.39 is 0 Å². The van der Waals surface area contributed by atoms with E-state index in [1.165, 1.54) is 13.1 Å². The van der Waals surface area contributed by atoms with E-state index in [9.17, 15) is 14.4 Å². The van der Waals surface area contributed by atoms with Gasteiger partial charge in [0, 0.05) is 36.2 Å². The maximum Gasteiger partial charge on any atom is 0.240 e. The van der Waals surface area contributed by atoms with Crippen molar-refractivity contribution in [1.82, 2.24) is 5.43 Å². The number of rotatable bonds is 7. The molecule has 0 heterocycles. The van der Waals surface area contributed by atoms with Gasteiger partial charge < -0.3 is 10.6 Å². The Morgan fingerprint density at radius 3 is 2.04 bits per heavy atom. The molecule has 3 N–H and O–H groups in total. The summed E-state index contributed by atoms with van der Waals surface area (Å²) in [5.74, 6) is -0.827. The topological polar surface area (TPSA) is 99.7 Å². The van der Waals surface area contributed by atoms with Gasteiger partial charge in [0.1, 0.15) is 0 Å². The zero-order valence-corrected chi connectivity index (χ0v) is 15.4. The Morgan fingerprint density at radius 1 is 0.889 bits per heavy atom. The molecule has 0 fully saturated rings. The molecule has 7 nitrogen and oxygen atoms in total. The average molecular weight is 387 g/mol. The molecule has 0 aliphatic rings. The molecule has 140 valence electrons. The zero-order valence-electron chi connectivity index (χ0n) is 14.7. The lowest BCUT2D eigenvalue weighted by molar-refractivity contribution is -0.124. The van der Waals surface area contributed by atoms with Crippen LogP contribution in [0.4, 0.5) is 11.4 Å². The number of hydrogen-bond acceptors (Lipinski definition) is 4. The predicted octanol–water partition coefficient (Wildman–Crippen LogP) is 3.17. The van der Waals surface area contributed by atoms with Gasteiger partial charge in [0.05, 0.1) is 6.21 Å². The minimum absolute atomic E-state index is 0.00771. The number of carbonyl (C=O) groups excluding carboxylic acids is 3. The van der Waals surface area contributed by atoms with Gasteiger partial charge in [0.15, 0.2) is 0 Å². The summed E-state index contributed by atoms with van der Waals surface area (Å²) in [5, 5.41) is 9.77. The summed E-state index contributed by atoms with van der Waals surface area (Å²) in [6.45, 7) is 1.42. The molecule has 0 aromatic heterocycles. The molecule has 2 aromatic rings. The van der Waals surface area contributed by atoms with Crippen LogP contribution in [0.5, 0.6) is 0 Å². The van der Waals surface area contributed by atoms with Crippen molar-refractivity contribution in [2.24, 2.45) is 5.10 Å². The van der Waals surface area contributed by atoms with E-state index in [-0.39, 0.29) is 30.6 Å². The van der Waals surface area contributed by atoms with Gasteiger partial charge in [-0.3, -0.25) is 14.4 Å². The summed E-state index contributed by atoms with van der Waals surface area (Å²) in [6.07, 6.45) is 1.52. The monoisotopic (exact) mass is 386 g/mol. The van der Waals surface area contributed by atoms with E-state index in [4.69, 9.17) is 11.6 Å². The van der Waals surface area contributed by atoms with Crippen LogP contribution in [0.15, 0.2) is 53.6 Å². The highest BCUT2D eigenvalue weighted by Gasteiger charge is 2.07. The van der Waals surface area contributed by atoms with Crippen LogP contribution in [0.3, 0.4) is 0 Å². The third kappa shape index (κ3) is 7.70. The van der Waals surface area contributed by atoms with E-state index in [0.717, 1.165) is 5.56 Å². The number of hydrogen-bond donors (Lipinski definition) is 3. The summed E-state index contributed by atoms with van der Waals surface area (Å²) < 4.78 is 0. The van der Waals surface area contributed by atoms with Crippen molar-refractivity contribution in [1.29, 1.82) is 0 Å². The molecule has 0 radical (unpaired) electrons. The van der Waals surface area contributed by atoms with Crippen molar-refractivity contribution < 1.29 is 14.4 Å². The molecule has 0 bridgehead atoms. The quantitative estimate of drug-likeness (QED) is 0.503. The van der Waals surface area contributed by atoms with Crippen LogP contribution in [0.25, 0.3) is 0 Å². The Bertz CT molecular complexity index is 833. The molecule has 0 aliphatic heterocycles. The van der Waals surface area contributed by atoms with Gasteiger partial charge in [0.2, 0.25) is 17.7 Å². The molecule has 0 saturated carbocycles. The highest BCUT2D eigenvalue weighted by atomic mass is 35.5. The molecule has 3 amide bonds. The van der Waals surface area contributed by atoms with Gasteiger partial charge in [0.25, 0.3) is 0 Å². The zero-order chi connectivity index (χ0) is 19.6. The summed E-state index contributed by atoms with van der Waals surface area (Å²) in [4.78, 5) is 34.6. The van der Waals surface area contributed by atoms with Gasteiger partial charge in [-0.05, 0) is 42.0 Å². The second-order valence-corrected chi connectivity index (χ2v) is 6.09. The maximum atomic E-state index is 11.9. The number of anilines is 2. The van der Waals surface area contributed by atoms with Gasteiger partial charge in [-0.15, -0.1) is 0 Å². The van der Waals surface area contributed by atoms with Crippen LogP contribution >= 0.6 is 11.6 Å². The number of amides is 3. The van der Waals surface area contributed by atoms with Crippen molar-refractivity contribution in [3.05, 3.63) is 59.1 Å². The third-order valence-corrected chi connectivity index (χ3v) is 3.59. The number of carbonyl (C=O) groups is 3. The third-order valence-electron chi connectivity index (χ3n) is 3.34. The molecule has 2 rings (SSSR count). The second-order valence-electron chi connectivity index (χ2n) is 5.65. The van der Waals surface area contributed by atoms with Crippen LogP contribution in [-0.4, -0.2) is 23.9 Å². The van der Waals surface area contributed by atoms with Crippen LogP contribution in [0.1, 0.15) is 25.3 Å². The standard InChI is InChI=1S/C19H19ClN4O3/c1-13(25)22-16-6-8-17(9-7-16)23-18(26)10-11-19(27)24-21-12-14-2-4-15(20)5-3-14/h2-9,12H,10-11H2,1H3,(H,22,25)(H,23,26)(H,24,27)/b21-12+. The number of hydrazone groups is 1. The first-order valence-corrected chi connectivity index (χ1v) is 8.55. The van der Waals surface area contributed by atoms with Gasteiger partial charge in [-0.2, -0.15) is 5.10 Å². The first kappa shape index (κ1) is 20.1. The average Bonchev–Trinajstić information content (AvgIpc) is 2.63. The summed E-state index contributed by atoms with van der Waals surface area (Å²) in [7, 11) is 0. The first-order chi connectivity index (χ1) is 12.9. The van der Waals surface area contributed by atoms with Crippen LogP contribution in [0, 0.1) is 0 Å². The van der Waals surface area contributed by atoms with E-state index >= 15 is 0 Å². The largest absolute Gasteiger partial charge is 0.326 e. The van der Waals surface area contributed by atoms with Gasteiger partial charge in [-0.25, -0.2) is 5.43 Å². The first-order valence-electron chi connectivity index (χ1n) is 8.17. The van der Waals surface area contributed by atoms with Crippen LogP contribution in [0.2, 0.25) is 5.02 Å². The fourth-order valence-electron chi connectivity index (χ4n) is 2.07. The van der Waals surface area contributed by atoms with Crippen molar-refractivity contribution >= 4 is 46.9 Å². The maximum absolute atomic E-state index is 11.9. The smallest absolute Gasteiger partial charge is 0.240 e. The Kier molecular flexibility index (Phi) is 7.51. The molecule has 2 aromatic carbocycles. The van der Waals surface area contributed by atoms with Crippen molar-refractivity contribution in [3.8, 4) is 0 Å². The minimum atomic E-state index is -0.364. The number of benzene rings is 2. The fraction of sp³-hybridized carbons (Fsp3) is 0.158. The number of nitrogens with zero attached hydrogens (tertiary/aromatic N) is 1. The normalized spacial score (nSPS) is 10.4. The molecule has 0 unspecified atom stereocenters. The molecular weight excluding hydrogens is 368 g/mol. The molecule has 0 saturated heterocycles. The molecule has 0 aliphatic carbocycles. The van der Waals surface area contributed by atoms with Crippen molar-refractivity contribution in [2.45, 2.75) is 19.8 Å². The lowest BCUT2D eigenvalue weighted by Crippen LogP contribution is -2.20. The fourth-order valence-corrected chi connectivity index (χ4v) is 2.20. The minimum Gasteiger partial charge on any atom is -0.326 e. The van der Waals surface area contributed by atoms with E-state index in [2.05, 4.69) is 21.2 Å². The molecule has 27 heavy (non-hydrogen) atoms. The SMILES string of the molecule is CC(=O)Nc1ccc(NC(=O)CCC(=O)N/N=C/c2ccc(Cl)cc2)cc1. The second kappa shape index (κ2) is 10.1. The van der Waals surface area contributed by atoms with E-state index in [0.29, 0.717) is 16.4 Å². The lowest BCUT2D eigenvalue weighted by atomic mass is 10.2. The Hall–Kier alpha value is -3.19.